The first-order valence-electron chi connectivity index (χ1n) is 6.89. The summed E-state index contributed by atoms with van der Waals surface area (Å²) in [6.45, 7) is 3.61. The van der Waals surface area contributed by atoms with Gasteiger partial charge in [-0.2, -0.15) is 0 Å². The van der Waals surface area contributed by atoms with Gasteiger partial charge in [0.1, 0.15) is 0 Å². The number of anilines is 1. The van der Waals surface area contributed by atoms with E-state index in [-0.39, 0.29) is 18.2 Å². The summed E-state index contributed by atoms with van der Waals surface area (Å²) in [5.74, 6) is -0.534. The molecule has 2 rings (SSSR count). The van der Waals surface area contributed by atoms with E-state index in [2.05, 4.69) is 17.6 Å². The van der Waals surface area contributed by atoms with Crippen molar-refractivity contribution < 1.29 is 14.7 Å². The summed E-state index contributed by atoms with van der Waals surface area (Å²) in [7, 11) is 0. The van der Waals surface area contributed by atoms with E-state index in [9.17, 15) is 9.59 Å². The molecule has 0 saturated carbocycles. The van der Waals surface area contributed by atoms with Gasteiger partial charge in [-0.25, -0.2) is 0 Å². The molecule has 0 aliphatic carbocycles. The number of hydrogen-bond donors (Lipinski definition) is 3. The van der Waals surface area contributed by atoms with Crippen LogP contribution < -0.4 is 10.6 Å². The lowest BCUT2D eigenvalue weighted by Gasteiger charge is -2.16. The smallest absolute Gasteiger partial charge is 0.303 e. The monoisotopic (exact) mass is 276 g/mol. The van der Waals surface area contributed by atoms with Crippen molar-refractivity contribution in [3.05, 3.63) is 29.8 Å². The summed E-state index contributed by atoms with van der Waals surface area (Å²) in [5, 5.41) is 14.9. The topological polar surface area (TPSA) is 78.4 Å². The van der Waals surface area contributed by atoms with Crippen LogP contribution in [0.5, 0.6) is 0 Å². The largest absolute Gasteiger partial charge is 0.481 e. The van der Waals surface area contributed by atoms with Crippen molar-refractivity contribution in [2.75, 3.05) is 18.4 Å². The molecule has 1 fully saturated rings. The van der Waals surface area contributed by atoms with Crippen molar-refractivity contribution in [3.8, 4) is 0 Å². The van der Waals surface area contributed by atoms with Crippen LogP contribution >= 0.6 is 0 Å². The minimum Gasteiger partial charge on any atom is -0.481 e. The summed E-state index contributed by atoms with van der Waals surface area (Å²) in [6.07, 6.45) is 0.485. The third-order valence-electron chi connectivity index (χ3n) is 3.74. The standard InChI is InChI=1S/C15H20N2O3/c1-10-8-16-9-12(10)15(20)17-13-5-3-2-4-11(13)6-7-14(18)19/h2-5,10,12,16H,6-9H2,1H3,(H,17,20)(H,18,19)/t10-,12-/m1/s1. The van der Waals surface area contributed by atoms with Crippen molar-refractivity contribution >= 4 is 17.6 Å². The summed E-state index contributed by atoms with van der Waals surface area (Å²) in [6, 6.07) is 7.37. The van der Waals surface area contributed by atoms with Gasteiger partial charge in [0.05, 0.1) is 5.92 Å². The first kappa shape index (κ1) is 14.5. The Balaban J connectivity index is 2.04. The van der Waals surface area contributed by atoms with Crippen molar-refractivity contribution in [1.29, 1.82) is 0 Å². The van der Waals surface area contributed by atoms with Crippen LogP contribution in [-0.4, -0.2) is 30.1 Å². The molecule has 20 heavy (non-hydrogen) atoms. The minimum atomic E-state index is -0.834. The summed E-state index contributed by atoms with van der Waals surface area (Å²) >= 11 is 0. The minimum absolute atomic E-state index is 0.00488. The molecular formula is C15H20N2O3. The molecule has 5 nitrogen and oxygen atoms in total. The molecule has 1 heterocycles. The van der Waals surface area contributed by atoms with Crippen LogP contribution in [0, 0.1) is 11.8 Å². The second-order valence-electron chi connectivity index (χ2n) is 5.28. The van der Waals surface area contributed by atoms with Gasteiger partial charge < -0.3 is 15.7 Å². The highest BCUT2D eigenvalue weighted by Gasteiger charge is 2.29. The fraction of sp³-hybridized carbons (Fsp3) is 0.467. The van der Waals surface area contributed by atoms with E-state index in [1.807, 2.05) is 24.3 Å². The number of aliphatic carboxylic acids is 1. The van der Waals surface area contributed by atoms with Crippen LogP contribution in [0.15, 0.2) is 24.3 Å². The average Bonchev–Trinajstić information content (AvgIpc) is 2.84. The van der Waals surface area contributed by atoms with Gasteiger partial charge in [0.15, 0.2) is 0 Å². The Morgan fingerprint density at radius 2 is 2.10 bits per heavy atom. The quantitative estimate of drug-likeness (QED) is 0.761. The number of rotatable bonds is 5. The van der Waals surface area contributed by atoms with Crippen molar-refractivity contribution in [1.82, 2.24) is 5.32 Å². The maximum Gasteiger partial charge on any atom is 0.303 e. The molecule has 0 spiro atoms. The van der Waals surface area contributed by atoms with Crippen LogP contribution in [0.3, 0.4) is 0 Å². The molecule has 1 aromatic rings. The molecular weight excluding hydrogens is 256 g/mol. The Morgan fingerprint density at radius 3 is 2.75 bits per heavy atom. The number of hydrogen-bond acceptors (Lipinski definition) is 3. The highest BCUT2D eigenvalue weighted by atomic mass is 16.4. The zero-order chi connectivity index (χ0) is 14.5. The van der Waals surface area contributed by atoms with E-state index >= 15 is 0 Å². The fourth-order valence-electron chi connectivity index (χ4n) is 2.49. The average molecular weight is 276 g/mol. The molecule has 1 saturated heterocycles. The number of carbonyl (C=O) groups is 2. The Morgan fingerprint density at radius 1 is 1.35 bits per heavy atom. The Kier molecular flexibility index (Phi) is 4.74. The molecule has 0 unspecified atom stereocenters. The van der Waals surface area contributed by atoms with E-state index in [0.29, 0.717) is 18.9 Å². The number of benzene rings is 1. The van der Waals surface area contributed by atoms with E-state index in [4.69, 9.17) is 5.11 Å². The molecule has 0 radical (unpaired) electrons. The van der Waals surface area contributed by atoms with Gasteiger partial charge in [0.25, 0.3) is 0 Å². The zero-order valence-corrected chi connectivity index (χ0v) is 11.6. The molecule has 0 aromatic heterocycles. The lowest BCUT2D eigenvalue weighted by atomic mass is 9.97. The zero-order valence-electron chi connectivity index (χ0n) is 11.6. The molecule has 1 aliphatic rings. The van der Waals surface area contributed by atoms with Crippen LogP contribution in [0.2, 0.25) is 0 Å². The number of amides is 1. The number of aryl methyl sites for hydroxylation is 1. The molecule has 1 amide bonds. The second-order valence-corrected chi connectivity index (χ2v) is 5.28. The number of para-hydroxylation sites is 1. The van der Waals surface area contributed by atoms with Crippen molar-refractivity contribution in [2.45, 2.75) is 19.8 Å². The van der Waals surface area contributed by atoms with Crippen LogP contribution in [0.1, 0.15) is 18.9 Å². The lowest BCUT2D eigenvalue weighted by molar-refractivity contribution is -0.137. The van der Waals surface area contributed by atoms with Gasteiger partial charge in [0, 0.05) is 18.7 Å². The SMILES string of the molecule is C[C@@H]1CNC[C@H]1C(=O)Nc1ccccc1CCC(=O)O. The van der Waals surface area contributed by atoms with Gasteiger partial charge in [-0.05, 0) is 30.5 Å². The summed E-state index contributed by atoms with van der Waals surface area (Å²) < 4.78 is 0. The molecule has 5 heteroatoms. The fourth-order valence-corrected chi connectivity index (χ4v) is 2.49. The van der Waals surface area contributed by atoms with Gasteiger partial charge in [-0.1, -0.05) is 25.1 Å². The number of carboxylic acid groups (broad SMARTS) is 1. The molecule has 2 atom stereocenters. The maximum atomic E-state index is 12.2. The first-order chi connectivity index (χ1) is 9.58. The van der Waals surface area contributed by atoms with E-state index in [1.54, 1.807) is 0 Å². The highest BCUT2D eigenvalue weighted by Crippen LogP contribution is 2.21. The summed E-state index contributed by atoms with van der Waals surface area (Å²) in [5.41, 5.74) is 1.58. The Bertz CT molecular complexity index is 502. The Labute approximate surface area is 118 Å². The molecule has 0 bridgehead atoms. The van der Waals surface area contributed by atoms with Crippen LogP contribution in [-0.2, 0) is 16.0 Å². The summed E-state index contributed by atoms with van der Waals surface area (Å²) in [4.78, 5) is 22.9. The molecule has 3 N–H and O–H groups in total. The third kappa shape index (κ3) is 3.57. The van der Waals surface area contributed by atoms with Crippen molar-refractivity contribution in [2.24, 2.45) is 11.8 Å². The molecule has 1 aliphatic heterocycles. The van der Waals surface area contributed by atoms with Gasteiger partial charge in [-0.15, -0.1) is 0 Å². The normalized spacial score (nSPS) is 21.6. The van der Waals surface area contributed by atoms with Crippen LogP contribution in [0.4, 0.5) is 5.69 Å². The lowest BCUT2D eigenvalue weighted by Crippen LogP contribution is -2.28. The molecule has 108 valence electrons. The third-order valence-corrected chi connectivity index (χ3v) is 3.74. The van der Waals surface area contributed by atoms with Crippen LogP contribution in [0.25, 0.3) is 0 Å². The highest BCUT2D eigenvalue weighted by molar-refractivity contribution is 5.93. The maximum absolute atomic E-state index is 12.2. The van der Waals surface area contributed by atoms with Gasteiger partial charge >= 0.3 is 5.97 Å². The van der Waals surface area contributed by atoms with E-state index in [1.165, 1.54) is 0 Å². The number of carbonyl (C=O) groups excluding carboxylic acids is 1. The van der Waals surface area contributed by atoms with Gasteiger partial charge in [-0.3, -0.25) is 9.59 Å². The van der Waals surface area contributed by atoms with Crippen molar-refractivity contribution in [3.63, 3.8) is 0 Å². The number of carboxylic acids is 1. The Hall–Kier alpha value is -1.88. The van der Waals surface area contributed by atoms with E-state index < -0.39 is 5.97 Å². The molecule has 1 aromatic carbocycles. The second kappa shape index (κ2) is 6.52. The van der Waals surface area contributed by atoms with Gasteiger partial charge in [0.2, 0.25) is 5.91 Å². The first-order valence-corrected chi connectivity index (χ1v) is 6.89. The number of nitrogens with one attached hydrogen (secondary N) is 2. The van der Waals surface area contributed by atoms with E-state index in [0.717, 1.165) is 17.8 Å². The predicted molar refractivity (Wildman–Crippen MR) is 76.6 cm³/mol. The predicted octanol–water partition coefficient (Wildman–Crippen LogP) is 1.50.